The van der Waals surface area contributed by atoms with E-state index >= 15 is 0 Å². The van der Waals surface area contributed by atoms with Crippen molar-refractivity contribution < 1.29 is 24.2 Å². The number of aliphatic carboxylic acids is 1. The molecule has 1 aromatic carbocycles. The Kier molecular flexibility index (Phi) is 6.32. The van der Waals surface area contributed by atoms with Crippen LogP contribution in [0.15, 0.2) is 18.2 Å². The number of carboxylic acid groups (broad SMARTS) is 1. The molecule has 0 aromatic heterocycles. The lowest BCUT2D eigenvalue weighted by Gasteiger charge is -2.20. The molecule has 0 heterocycles. The fourth-order valence-electron chi connectivity index (χ4n) is 1.80. The third-order valence-corrected chi connectivity index (χ3v) is 2.74. The quantitative estimate of drug-likeness (QED) is 0.803. The highest BCUT2D eigenvalue weighted by Gasteiger charge is 2.16. The van der Waals surface area contributed by atoms with Gasteiger partial charge in [-0.25, -0.2) is 4.79 Å². The second kappa shape index (κ2) is 7.98. The molecule has 0 saturated heterocycles. The molecule has 116 valence electrons. The zero-order valence-electron chi connectivity index (χ0n) is 12.4. The first kappa shape index (κ1) is 16.6. The van der Waals surface area contributed by atoms with Crippen LogP contribution in [-0.2, 0) is 4.79 Å². The Morgan fingerprint density at radius 3 is 2.43 bits per heavy atom. The Hall–Kier alpha value is -2.44. The number of carboxylic acids is 1. The minimum Gasteiger partial charge on any atom is -0.493 e. The van der Waals surface area contributed by atoms with Crippen LogP contribution in [0.3, 0.4) is 0 Å². The van der Waals surface area contributed by atoms with Crippen molar-refractivity contribution in [2.24, 2.45) is 0 Å². The molecule has 0 spiro atoms. The van der Waals surface area contributed by atoms with Gasteiger partial charge < -0.3 is 24.8 Å². The Balaban J connectivity index is 2.82. The van der Waals surface area contributed by atoms with Gasteiger partial charge in [0.15, 0.2) is 11.5 Å². The third-order valence-electron chi connectivity index (χ3n) is 2.74. The molecule has 7 nitrogen and oxygen atoms in total. The zero-order valence-corrected chi connectivity index (χ0v) is 12.4. The summed E-state index contributed by atoms with van der Waals surface area (Å²) < 4.78 is 10.3. The first-order valence-electron chi connectivity index (χ1n) is 6.51. The van der Waals surface area contributed by atoms with Crippen LogP contribution in [0.25, 0.3) is 0 Å². The van der Waals surface area contributed by atoms with Crippen LogP contribution in [0, 0.1) is 0 Å². The molecule has 2 amide bonds. The summed E-state index contributed by atoms with van der Waals surface area (Å²) in [6.45, 7) is 1.90. The van der Waals surface area contributed by atoms with Gasteiger partial charge in [-0.2, -0.15) is 0 Å². The molecule has 0 unspecified atom stereocenters. The van der Waals surface area contributed by atoms with Crippen molar-refractivity contribution in [3.05, 3.63) is 18.2 Å². The first-order valence-corrected chi connectivity index (χ1v) is 6.51. The van der Waals surface area contributed by atoms with Crippen molar-refractivity contribution in [1.82, 2.24) is 4.90 Å². The molecular weight excluding hydrogens is 276 g/mol. The molecule has 1 aromatic rings. The lowest BCUT2D eigenvalue weighted by molar-refractivity contribution is -0.137. The van der Waals surface area contributed by atoms with Crippen LogP contribution in [0.5, 0.6) is 11.5 Å². The molecule has 21 heavy (non-hydrogen) atoms. The van der Waals surface area contributed by atoms with E-state index in [2.05, 4.69) is 5.32 Å². The van der Waals surface area contributed by atoms with Crippen LogP contribution in [0.4, 0.5) is 10.5 Å². The fraction of sp³-hybridized carbons (Fsp3) is 0.429. The van der Waals surface area contributed by atoms with E-state index in [1.807, 2.05) is 6.92 Å². The number of nitrogens with one attached hydrogen (secondary N) is 1. The zero-order chi connectivity index (χ0) is 15.8. The SMILES string of the molecule is CCCN(CC(=O)O)C(=O)Nc1ccc(OC)c(OC)c1. The lowest BCUT2D eigenvalue weighted by atomic mass is 10.2. The van der Waals surface area contributed by atoms with Crippen molar-refractivity contribution in [2.75, 3.05) is 32.6 Å². The number of urea groups is 1. The lowest BCUT2D eigenvalue weighted by Crippen LogP contribution is -2.39. The summed E-state index contributed by atoms with van der Waals surface area (Å²) in [6, 6.07) is 4.47. The number of methoxy groups -OCH3 is 2. The minimum atomic E-state index is -1.05. The van der Waals surface area contributed by atoms with E-state index in [1.165, 1.54) is 19.1 Å². The molecule has 0 aliphatic carbocycles. The maximum atomic E-state index is 12.1. The summed E-state index contributed by atoms with van der Waals surface area (Å²) in [5.41, 5.74) is 0.504. The third kappa shape index (κ3) is 4.87. The van der Waals surface area contributed by atoms with Gasteiger partial charge in [0.25, 0.3) is 0 Å². The van der Waals surface area contributed by atoms with Gasteiger partial charge >= 0.3 is 12.0 Å². The van der Waals surface area contributed by atoms with Gasteiger partial charge in [0.05, 0.1) is 14.2 Å². The molecule has 0 saturated carbocycles. The predicted molar refractivity (Wildman–Crippen MR) is 78.1 cm³/mol. The topological polar surface area (TPSA) is 88.1 Å². The standard InChI is InChI=1S/C14H20N2O5/c1-4-7-16(9-13(17)18)14(19)15-10-5-6-11(20-2)12(8-10)21-3/h5-6,8H,4,7,9H2,1-3H3,(H,15,19)(H,17,18). The minimum absolute atomic E-state index is 0.340. The average Bonchev–Trinajstić information content (AvgIpc) is 2.46. The molecule has 0 aliphatic heterocycles. The maximum absolute atomic E-state index is 12.1. The highest BCUT2D eigenvalue weighted by molar-refractivity contribution is 5.91. The summed E-state index contributed by atoms with van der Waals surface area (Å²) in [6.07, 6.45) is 0.673. The Bertz CT molecular complexity index is 504. The number of hydrogen-bond donors (Lipinski definition) is 2. The van der Waals surface area contributed by atoms with Crippen molar-refractivity contribution in [1.29, 1.82) is 0 Å². The molecule has 0 aliphatic rings. The van der Waals surface area contributed by atoms with Gasteiger partial charge in [-0.15, -0.1) is 0 Å². The number of amides is 2. The summed E-state index contributed by atoms with van der Waals surface area (Å²) in [7, 11) is 3.02. The van der Waals surface area contributed by atoms with Crippen molar-refractivity contribution in [3.63, 3.8) is 0 Å². The molecule has 2 N–H and O–H groups in total. The molecule has 0 fully saturated rings. The van der Waals surface area contributed by atoms with Crippen LogP contribution in [0.1, 0.15) is 13.3 Å². The van der Waals surface area contributed by atoms with E-state index in [1.54, 1.807) is 18.2 Å². The smallest absolute Gasteiger partial charge is 0.323 e. The normalized spacial score (nSPS) is 9.86. The van der Waals surface area contributed by atoms with Crippen LogP contribution < -0.4 is 14.8 Å². The molecule has 0 atom stereocenters. The van der Waals surface area contributed by atoms with E-state index in [9.17, 15) is 9.59 Å². The number of carbonyl (C=O) groups excluding carboxylic acids is 1. The number of ether oxygens (including phenoxy) is 2. The number of nitrogens with zero attached hydrogens (tertiary/aromatic N) is 1. The molecule has 0 bridgehead atoms. The summed E-state index contributed by atoms with van der Waals surface area (Å²) in [5, 5.41) is 11.5. The number of rotatable bonds is 7. The Morgan fingerprint density at radius 2 is 1.90 bits per heavy atom. The summed E-state index contributed by atoms with van der Waals surface area (Å²) >= 11 is 0. The van der Waals surface area contributed by atoms with Crippen molar-refractivity contribution in [3.8, 4) is 11.5 Å². The first-order chi connectivity index (χ1) is 10.0. The number of carbonyl (C=O) groups is 2. The fourth-order valence-corrected chi connectivity index (χ4v) is 1.80. The average molecular weight is 296 g/mol. The highest BCUT2D eigenvalue weighted by Crippen LogP contribution is 2.29. The van der Waals surface area contributed by atoms with Gasteiger partial charge in [-0.05, 0) is 18.6 Å². The monoisotopic (exact) mass is 296 g/mol. The predicted octanol–water partition coefficient (Wildman–Crippen LogP) is 2.03. The second-order valence-corrected chi connectivity index (χ2v) is 4.32. The van der Waals surface area contributed by atoms with Gasteiger partial charge in [0.1, 0.15) is 6.54 Å². The Labute approximate surface area is 123 Å². The summed E-state index contributed by atoms with van der Waals surface area (Å²) in [4.78, 5) is 24.1. The largest absolute Gasteiger partial charge is 0.493 e. The number of hydrogen-bond acceptors (Lipinski definition) is 4. The van der Waals surface area contributed by atoms with E-state index in [0.29, 0.717) is 30.2 Å². The molecule has 1 rings (SSSR count). The molecular formula is C14H20N2O5. The van der Waals surface area contributed by atoms with Crippen LogP contribution in [0.2, 0.25) is 0 Å². The van der Waals surface area contributed by atoms with E-state index in [0.717, 1.165) is 0 Å². The summed E-state index contributed by atoms with van der Waals surface area (Å²) in [5.74, 6) is -0.0204. The number of benzene rings is 1. The van der Waals surface area contributed by atoms with Gasteiger partial charge in [-0.3, -0.25) is 4.79 Å². The van der Waals surface area contributed by atoms with Gasteiger partial charge in [-0.1, -0.05) is 6.92 Å². The molecule has 7 heteroatoms. The second-order valence-electron chi connectivity index (χ2n) is 4.32. The molecule has 0 radical (unpaired) electrons. The van der Waals surface area contributed by atoms with E-state index in [-0.39, 0.29) is 6.54 Å². The number of anilines is 1. The maximum Gasteiger partial charge on any atom is 0.323 e. The van der Waals surface area contributed by atoms with Crippen LogP contribution >= 0.6 is 0 Å². The van der Waals surface area contributed by atoms with Crippen molar-refractivity contribution in [2.45, 2.75) is 13.3 Å². The van der Waals surface area contributed by atoms with Crippen LogP contribution in [-0.4, -0.2) is 49.3 Å². The Morgan fingerprint density at radius 1 is 1.24 bits per heavy atom. The van der Waals surface area contributed by atoms with Crippen molar-refractivity contribution >= 4 is 17.7 Å². The van der Waals surface area contributed by atoms with Gasteiger partial charge in [0, 0.05) is 18.3 Å². The van der Waals surface area contributed by atoms with E-state index < -0.39 is 12.0 Å². The van der Waals surface area contributed by atoms with Gasteiger partial charge in [0.2, 0.25) is 0 Å². The highest BCUT2D eigenvalue weighted by atomic mass is 16.5. The van der Waals surface area contributed by atoms with E-state index in [4.69, 9.17) is 14.6 Å².